The number of aryl methyl sites for hydroxylation is 2. The van der Waals surface area contributed by atoms with Crippen molar-refractivity contribution >= 4 is 23.5 Å². The van der Waals surface area contributed by atoms with Gasteiger partial charge in [0.15, 0.2) is 6.04 Å². The Balaban J connectivity index is 2.29. The van der Waals surface area contributed by atoms with Crippen LogP contribution in [-0.2, 0) is 11.8 Å². The van der Waals surface area contributed by atoms with Crippen LogP contribution in [-0.4, -0.2) is 33.9 Å². The van der Waals surface area contributed by atoms with Crippen molar-refractivity contribution in [3.63, 3.8) is 0 Å². The lowest BCUT2D eigenvalue weighted by Crippen LogP contribution is -2.34. The van der Waals surface area contributed by atoms with Gasteiger partial charge in [0.05, 0.1) is 23.4 Å². The molecule has 1 heterocycles. The van der Waals surface area contributed by atoms with Gasteiger partial charge in [0.2, 0.25) is 0 Å². The third kappa shape index (κ3) is 3.62. The highest BCUT2D eigenvalue weighted by Gasteiger charge is 2.25. The van der Waals surface area contributed by atoms with Crippen molar-refractivity contribution in [3.8, 4) is 5.75 Å². The molecule has 1 unspecified atom stereocenters. The minimum absolute atomic E-state index is 0.267. The van der Waals surface area contributed by atoms with Crippen LogP contribution < -0.4 is 10.1 Å². The Labute approximate surface area is 137 Å². The highest BCUT2D eigenvalue weighted by molar-refractivity contribution is 6.32. The molecule has 0 aliphatic rings. The zero-order valence-corrected chi connectivity index (χ0v) is 13.6. The first-order chi connectivity index (χ1) is 10.8. The quantitative estimate of drug-likeness (QED) is 0.869. The summed E-state index contributed by atoms with van der Waals surface area (Å²) in [5.74, 6) is -1.29. The predicted molar refractivity (Wildman–Crippen MR) is 83.8 cm³/mol. The Morgan fingerprint density at radius 3 is 2.61 bits per heavy atom. The molecule has 0 fully saturated rings. The van der Waals surface area contributed by atoms with Crippen LogP contribution in [0.2, 0.25) is 5.02 Å². The third-order valence-corrected chi connectivity index (χ3v) is 3.59. The van der Waals surface area contributed by atoms with Gasteiger partial charge in [0.1, 0.15) is 5.75 Å². The Morgan fingerprint density at radius 2 is 2.13 bits per heavy atom. The second-order valence-electron chi connectivity index (χ2n) is 4.94. The van der Waals surface area contributed by atoms with E-state index in [4.69, 9.17) is 16.3 Å². The van der Waals surface area contributed by atoms with Crippen LogP contribution in [0.3, 0.4) is 0 Å². The van der Waals surface area contributed by atoms with Gasteiger partial charge < -0.3 is 15.2 Å². The molecule has 1 aromatic carbocycles. The van der Waals surface area contributed by atoms with Crippen molar-refractivity contribution in [3.05, 3.63) is 46.2 Å². The molecule has 0 spiro atoms. The van der Waals surface area contributed by atoms with Gasteiger partial charge in [-0.1, -0.05) is 17.7 Å². The van der Waals surface area contributed by atoms with Crippen molar-refractivity contribution in [1.29, 1.82) is 0 Å². The Bertz CT molecular complexity index is 757. The molecule has 0 bridgehead atoms. The van der Waals surface area contributed by atoms with E-state index >= 15 is 0 Å². The fourth-order valence-electron chi connectivity index (χ4n) is 2.18. The lowest BCUT2D eigenvalue weighted by Gasteiger charge is -2.16. The van der Waals surface area contributed by atoms with Crippen LogP contribution >= 0.6 is 11.6 Å². The molecule has 2 rings (SSSR count). The summed E-state index contributed by atoms with van der Waals surface area (Å²) in [4.78, 5) is 23.8. The number of carbonyl (C=O) groups is 2. The Morgan fingerprint density at radius 1 is 1.43 bits per heavy atom. The van der Waals surface area contributed by atoms with E-state index in [1.807, 2.05) is 0 Å². The number of aromatic nitrogens is 2. The predicted octanol–water partition coefficient (Wildman–Crippen LogP) is 1.95. The molecule has 122 valence electrons. The summed E-state index contributed by atoms with van der Waals surface area (Å²) in [5.41, 5.74) is 1.18. The summed E-state index contributed by atoms with van der Waals surface area (Å²) in [6.07, 6.45) is 1.53. The summed E-state index contributed by atoms with van der Waals surface area (Å²) < 4.78 is 6.52. The first-order valence-electron chi connectivity index (χ1n) is 6.70. The van der Waals surface area contributed by atoms with Gasteiger partial charge in [-0.25, -0.2) is 4.79 Å². The number of carbonyl (C=O) groups excluding carboxylic acids is 1. The number of amides is 1. The van der Waals surface area contributed by atoms with Crippen LogP contribution in [0.15, 0.2) is 24.4 Å². The van der Waals surface area contributed by atoms with E-state index in [1.54, 1.807) is 26.1 Å². The van der Waals surface area contributed by atoms with Gasteiger partial charge in [0.25, 0.3) is 5.91 Å². The van der Waals surface area contributed by atoms with Crippen molar-refractivity contribution in [2.75, 3.05) is 7.11 Å². The van der Waals surface area contributed by atoms with Crippen molar-refractivity contribution < 1.29 is 19.4 Å². The summed E-state index contributed by atoms with van der Waals surface area (Å²) in [6, 6.07) is 3.32. The number of ether oxygens (including phenoxy) is 1. The van der Waals surface area contributed by atoms with E-state index in [0.717, 1.165) is 0 Å². The molecule has 0 saturated heterocycles. The summed E-state index contributed by atoms with van der Waals surface area (Å²) in [5, 5.41) is 16.2. The van der Waals surface area contributed by atoms with Crippen molar-refractivity contribution in [1.82, 2.24) is 15.1 Å². The number of benzene rings is 1. The fraction of sp³-hybridized carbons (Fsp3) is 0.267. The topological polar surface area (TPSA) is 93.5 Å². The number of hydrogen-bond acceptors (Lipinski definition) is 4. The highest BCUT2D eigenvalue weighted by Crippen LogP contribution is 2.28. The summed E-state index contributed by atoms with van der Waals surface area (Å²) >= 11 is 6.02. The minimum atomic E-state index is -1.23. The molecule has 8 heteroatoms. The van der Waals surface area contributed by atoms with Crippen LogP contribution in [0, 0.1) is 6.92 Å². The number of carboxylic acids is 1. The molecule has 0 aliphatic carbocycles. The molecule has 0 aliphatic heterocycles. The normalized spacial score (nSPS) is 11.8. The average molecular weight is 338 g/mol. The molecule has 1 aromatic heterocycles. The van der Waals surface area contributed by atoms with Gasteiger partial charge in [0, 0.05) is 13.2 Å². The van der Waals surface area contributed by atoms with Crippen molar-refractivity contribution in [2.24, 2.45) is 7.05 Å². The molecular formula is C15H16ClN3O4. The molecule has 23 heavy (non-hydrogen) atoms. The summed E-state index contributed by atoms with van der Waals surface area (Å²) in [6.45, 7) is 1.68. The zero-order chi connectivity index (χ0) is 17.1. The fourth-order valence-corrected chi connectivity index (χ4v) is 2.45. The molecule has 1 atom stereocenters. The van der Waals surface area contributed by atoms with E-state index in [2.05, 4.69) is 10.4 Å². The molecule has 2 N–H and O–H groups in total. The molecule has 0 radical (unpaired) electrons. The number of methoxy groups -OCH3 is 1. The van der Waals surface area contributed by atoms with E-state index in [9.17, 15) is 14.7 Å². The average Bonchev–Trinajstić information content (AvgIpc) is 2.83. The van der Waals surface area contributed by atoms with Crippen molar-refractivity contribution in [2.45, 2.75) is 13.0 Å². The standard InChI is InChI=1S/C15H16ClN3O4/c1-8-10(7-19(2)18-8)14(20)17-13(15(21)22)9-4-5-12(23-3)11(16)6-9/h4-7,13H,1-3H3,(H,17,20)(H,21,22). The van der Waals surface area contributed by atoms with Gasteiger partial charge in [-0.2, -0.15) is 5.10 Å². The molecule has 0 saturated carbocycles. The number of halogens is 1. The highest BCUT2D eigenvalue weighted by atomic mass is 35.5. The molecule has 7 nitrogen and oxygen atoms in total. The summed E-state index contributed by atoms with van der Waals surface area (Å²) in [7, 11) is 3.14. The largest absolute Gasteiger partial charge is 0.495 e. The van der Waals surface area contributed by atoms with E-state index in [1.165, 1.54) is 24.1 Å². The lowest BCUT2D eigenvalue weighted by atomic mass is 10.1. The molecule has 2 aromatic rings. The second-order valence-corrected chi connectivity index (χ2v) is 5.35. The van der Waals surface area contributed by atoms with E-state index in [-0.39, 0.29) is 5.02 Å². The first kappa shape index (κ1) is 16.8. The van der Waals surface area contributed by atoms with Crippen LogP contribution in [0.4, 0.5) is 0 Å². The number of carboxylic acid groups (broad SMARTS) is 1. The monoisotopic (exact) mass is 337 g/mol. The van der Waals surface area contributed by atoms with Crippen LogP contribution in [0.1, 0.15) is 27.7 Å². The maximum absolute atomic E-state index is 12.3. The Hall–Kier alpha value is -2.54. The van der Waals surface area contributed by atoms with Gasteiger partial charge >= 0.3 is 5.97 Å². The molecular weight excluding hydrogens is 322 g/mol. The smallest absolute Gasteiger partial charge is 0.330 e. The van der Waals surface area contributed by atoms with Gasteiger partial charge in [-0.05, 0) is 24.6 Å². The minimum Gasteiger partial charge on any atom is -0.495 e. The van der Waals surface area contributed by atoms with Crippen LogP contribution in [0.25, 0.3) is 0 Å². The van der Waals surface area contributed by atoms with E-state index in [0.29, 0.717) is 22.6 Å². The number of hydrogen-bond donors (Lipinski definition) is 2. The maximum Gasteiger partial charge on any atom is 0.330 e. The van der Waals surface area contributed by atoms with Gasteiger partial charge in [-0.3, -0.25) is 9.48 Å². The second kappa shape index (κ2) is 6.70. The molecule has 1 amide bonds. The number of nitrogens with one attached hydrogen (secondary N) is 1. The SMILES string of the molecule is COc1ccc(C(NC(=O)c2cn(C)nc2C)C(=O)O)cc1Cl. The third-order valence-electron chi connectivity index (χ3n) is 3.29. The number of nitrogens with zero attached hydrogens (tertiary/aromatic N) is 2. The number of rotatable bonds is 5. The van der Waals surface area contributed by atoms with Crippen LogP contribution in [0.5, 0.6) is 5.75 Å². The van der Waals surface area contributed by atoms with E-state index < -0.39 is 17.9 Å². The first-order valence-corrected chi connectivity index (χ1v) is 7.08. The zero-order valence-electron chi connectivity index (χ0n) is 12.8. The lowest BCUT2D eigenvalue weighted by molar-refractivity contribution is -0.139. The maximum atomic E-state index is 12.3. The van der Waals surface area contributed by atoms with Gasteiger partial charge in [-0.15, -0.1) is 0 Å². The Kier molecular flexibility index (Phi) is 4.90. The number of aliphatic carboxylic acids is 1.